The molecule has 0 radical (unpaired) electrons. The molecule has 0 fully saturated rings. The molecule has 0 aliphatic rings. The van der Waals surface area contributed by atoms with Crippen molar-refractivity contribution in [1.29, 1.82) is 10.5 Å². The van der Waals surface area contributed by atoms with Crippen molar-refractivity contribution in [3.63, 3.8) is 0 Å². The number of hydrogen-bond acceptors (Lipinski definition) is 7. The zero-order chi connectivity index (χ0) is 12.1. The Morgan fingerprint density at radius 2 is 2.00 bits per heavy atom. The zero-order valence-corrected chi connectivity index (χ0v) is 9.44. The molecule has 0 aromatic carbocycles. The fourth-order valence-electron chi connectivity index (χ4n) is 0.558. The van der Waals surface area contributed by atoms with Crippen LogP contribution >= 0.6 is 12.0 Å². The number of ether oxygens (including phenoxy) is 2. The van der Waals surface area contributed by atoms with Crippen molar-refractivity contribution in [2.45, 2.75) is 6.10 Å². The lowest BCUT2D eigenvalue weighted by atomic mass is 10.5. The van der Waals surface area contributed by atoms with Crippen molar-refractivity contribution in [2.75, 3.05) is 25.6 Å². The molecule has 0 aromatic heterocycles. The van der Waals surface area contributed by atoms with Gasteiger partial charge >= 0.3 is 0 Å². The van der Waals surface area contributed by atoms with Gasteiger partial charge in [0.05, 0.1) is 19.5 Å². The molecule has 0 N–H and O–H groups in total. The molecular formula is C9H12N2O4S. The molecule has 0 aliphatic heterocycles. The van der Waals surface area contributed by atoms with Crippen LogP contribution in [0.15, 0.2) is 12.8 Å². The summed E-state index contributed by atoms with van der Waals surface area (Å²) in [4.78, 5) is 4.43. The van der Waals surface area contributed by atoms with Gasteiger partial charge in [0.15, 0.2) is 0 Å². The van der Waals surface area contributed by atoms with Crippen molar-refractivity contribution in [3.8, 4) is 12.1 Å². The van der Waals surface area contributed by atoms with Crippen molar-refractivity contribution in [3.05, 3.63) is 12.8 Å². The Hall–Kier alpha value is -1.25. The molecular weight excluding hydrogens is 232 g/mol. The van der Waals surface area contributed by atoms with E-state index in [1.54, 1.807) is 12.1 Å². The summed E-state index contributed by atoms with van der Waals surface area (Å²) in [5.74, 6) is 0.525. The molecule has 0 aromatic rings. The van der Waals surface area contributed by atoms with Crippen molar-refractivity contribution in [1.82, 2.24) is 0 Å². The van der Waals surface area contributed by atoms with E-state index in [0.717, 1.165) is 12.0 Å². The van der Waals surface area contributed by atoms with Crippen molar-refractivity contribution in [2.24, 2.45) is 0 Å². The molecule has 0 aliphatic carbocycles. The lowest BCUT2D eigenvalue weighted by molar-refractivity contribution is -0.199. The molecule has 7 heteroatoms. The van der Waals surface area contributed by atoms with Gasteiger partial charge in [0, 0.05) is 17.8 Å². The van der Waals surface area contributed by atoms with Gasteiger partial charge in [-0.1, -0.05) is 6.58 Å². The Morgan fingerprint density at radius 1 is 1.25 bits per heavy atom. The molecule has 0 spiro atoms. The fourth-order valence-corrected chi connectivity index (χ4v) is 0.946. The van der Waals surface area contributed by atoms with Crippen LogP contribution in [0.2, 0.25) is 0 Å². The third-order valence-corrected chi connectivity index (χ3v) is 1.70. The Kier molecular flexibility index (Phi) is 10.9. The lowest BCUT2D eigenvalue weighted by Gasteiger charge is -2.03. The predicted octanol–water partition coefficient (Wildman–Crippen LogP) is 1.18. The fraction of sp³-hybridized carbons (Fsp3) is 0.556. The van der Waals surface area contributed by atoms with Gasteiger partial charge in [-0.3, -0.25) is 0 Å². The first-order chi connectivity index (χ1) is 7.85. The van der Waals surface area contributed by atoms with Gasteiger partial charge in [0.2, 0.25) is 0 Å². The van der Waals surface area contributed by atoms with E-state index in [1.165, 1.54) is 6.26 Å². The molecule has 0 bridgehead atoms. The van der Waals surface area contributed by atoms with E-state index in [9.17, 15) is 0 Å². The van der Waals surface area contributed by atoms with Gasteiger partial charge in [-0.15, -0.1) is 0 Å². The standard InChI is InChI=1S/C9H12N2O4S/c1-2-12-3-4-13-5-6-16-15-14-9(7-10)8-11/h2,9H,1,3-6H2. The van der Waals surface area contributed by atoms with E-state index in [1.807, 2.05) is 0 Å². The van der Waals surface area contributed by atoms with Crippen LogP contribution in [0, 0.1) is 22.7 Å². The van der Waals surface area contributed by atoms with Crippen LogP contribution in [-0.2, 0) is 18.7 Å². The summed E-state index contributed by atoms with van der Waals surface area (Å²) in [6, 6.07) is 3.20. The minimum atomic E-state index is -1.20. The number of nitrogens with zero attached hydrogens (tertiary/aromatic N) is 2. The molecule has 6 nitrogen and oxygen atoms in total. The third kappa shape index (κ3) is 9.31. The Bertz CT molecular complexity index is 247. The van der Waals surface area contributed by atoms with Gasteiger partial charge in [-0.05, 0) is 0 Å². The van der Waals surface area contributed by atoms with Gasteiger partial charge in [-0.2, -0.15) is 19.7 Å². The zero-order valence-electron chi connectivity index (χ0n) is 8.63. The highest BCUT2D eigenvalue weighted by atomic mass is 32.2. The maximum absolute atomic E-state index is 8.32. The number of nitriles is 2. The van der Waals surface area contributed by atoms with Gasteiger partial charge < -0.3 is 9.47 Å². The van der Waals surface area contributed by atoms with Crippen LogP contribution in [0.1, 0.15) is 0 Å². The molecule has 0 rings (SSSR count). The van der Waals surface area contributed by atoms with E-state index in [-0.39, 0.29) is 0 Å². The molecule has 0 unspecified atom stereocenters. The van der Waals surface area contributed by atoms with Crippen LogP contribution in [0.25, 0.3) is 0 Å². The molecule has 0 atom stereocenters. The molecule has 0 saturated heterocycles. The summed E-state index contributed by atoms with van der Waals surface area (Å²) in [6.07, 6.45) is 0.147. The van der Waals surface area contributed by atoms with Crippen LogP contribution in [0.3, 0.4) is 0 Å². The summed E-state index contributed by atoms with van der Waals surface area (Å²) in [5, 5.41) is 16.6. The molecule has 0 heterocycles. The molecule has 88 valence electrons. The highest BCUT2D eigenvalue weighted by molar-refractivity contribution is 7.94. The molecule has 0 saturated carbocycles. The average molecular weight is 244 g/mol. The van der Waals surface area contributed by atoms with Crippen LogP contribution in [0.4, 0.5) is 0 Å². The van der Waals surface area contributed by atoms with Crippen LogP contribution in [0.5, 0.6) is 0 Å². The Labute approximate surface area is 98.5 Å². The minimum Gasteiger partial charge on any atom is -0.499 e. The minimum absolute atomic E-state index is 0.455. The van der Waals surface area contributed by atoms with E-state index in [4.69, 9.17) is 20.0 Å². The van der Waals surface area contributed by atoms with Gasteiger partial charge in [0.1, 0.15) is 18.7 Å². The molecule has 16 heavy (non-hydrogen) atoms. The first-order valence-corrected chi connectivity index (χ1v) is 5.30. The van der Waals surface area contributed by atoms with Crippen molar-refractivity contribution < 1.29 is 18.7 Å². The molecule has 0 amide bonds. The summed E-state index contributed by atoms with van der Waals surface area (Å²) >= 11 is 0.966. The second-order valence-corrected chi connectivity index (χ2v) is 3.05. The summed E-state index contributed by atoms with van der Waals surface area (Å²) in [6.45, 7) is 4.76. The quantitative estimate of drug-likeness (QED) is 0.187. The number of rotatable bonds is 10. The largest absolute Gasteiger partial charge is 0.499 e. The third-order valence-electron chi connectivity index (χ3n) is 1.19. The summed E-state index contributed by atoms with van der Waals surface area (Å²) in [5.41, 5.74) is 0. The van der Waals surface area contributed by atoms with Crippen LogP contribution < -0.4 is 0 Å². The van der Waals surface area contributed by atoms with Gasteiger partial charge in [-0.25, -0.2) is 0 Å². The first kappa shape index (κ1) is 14.8. The van der Waals surface area contributed by atoms with Gasteiger partial charge in [0.25, 0.3) is 6.10 Å². The van der Waals surface area contributed by atoms with E-state index in [2.05, 4.69) is 15.8 Å². The normalized spacial score (nSPS) is 9.44. The maximum atomic E-state index is 8.32. The lowest BCUT2D eigenvalue weighted by Crippen LogP contribution is -2.07. The summed E-state index contributed by atoms with van der Waals surface area (Å²) in [7, 11) is 0. The predicted molar refractivity (Wildman–Crippen MR) is 56.6 cm³/mol. The Balaban J connectivity index is 3.13. The maximum Gasteiger partial charge on any atom is 0.265 e. The Morgan fingerprint density at radius 3 is 2.62 bits per heavy atom. The smallest absolute Gasteiger partial charge is 0.265 e. The first-order valence-electron chi connectivity index (χ1n) is 4.39. The summed E-state index contributed by atoms with van der Waals surface area (Å²) < 4.78 is 14.5. The van der Waals surface area contributed by atoms with E-state index >= 15 is 0 Å². The monoisotopic (exact) mass is 244 g/mol. The highest BCUT2D eigenvalue weighted by Gasteiger charge is 2.05. The number of hydrogen-bond donors (Lipinski definition) is 0. The topological polar surface area (TPSA) is 84.5 Å². The SMILES string of the molecule is C=COCCOCCSOOC(C#N)C#N. The van der Waals surface area contributed by atoms with Crippen molar-refractivity contribution >= 4 is 12.0 Å². The van der Waals surface area contributed by atoms with E-state index < -0.39 is 6.10 Å². The second-order valence-electron chi connectivity index (χ2n) is 2.27. The van der Waals surface area contributed by atoms with E-state index in [0.29, 0.717) is 25.6 Å². The highest BCUT2D eigenvalue weighted by Crippen LogP contribution is 2.04. The average Bonchev–Trinajstić information content (AvgIpc) is 2.32. The second kappa shape index (κ2) is 11.8. The van der Waals surface area contributed by atoms with Crippen LogP contribution in [-0.4, -0.2) is 31.7 Å².